The molecule has 0 bridgehead atoms. The molecule has 2 nitrogen and oxygen atoms in total. The maximum absolute atomic E-state index is 12.4. The van der Waals surface area contributed by atoms with Crippen molar-refractivity contribution in [3.8, 4) is 0 Å². The van der Waals surface area contributed by atoms with Gasteiger partial charge in [0.15, 0.2) is 0 Å². The molecule has 0 amide bonds. The Bertz CT molecular complexity index is 243. The van der Waals surface area contributed by atoms with E-state index in [1.807, 2.05) is 0 Å². The number of hydrogen-bond acceptors (Lipinski definition) is 2. The quantitative estimate of drug-likeness (QED) is 0.327. The van der Waals surface area contributed by atoms with E-state index in [0.29, 0.717) is 12.5 Å². The van der Waals surface area contributed by atoms with E-state index in [0.717, 1.165) is 42.3 Å². The predicted octanol–water partition coefficient (Wildman–Crippen LogP) is 3.87. The van der Waals surface area contributed by atoms with E-state index in [-0.39, 0.29) is 11.0 Å². The van der Waals surface area contributed by atoms with Gasteiger partial charge >= 0.3 is 5.97 Å². The van der Waals surface area contributed by atoms with Crippen LogP contribution < -0.4 is 0 Å². The van der Waals surface area contributed by atoms with Gasteiger partial charge in [0, 0.05) is 10.2 Å². The first-order valence-electron chi connectivity index (χ1n) is 8.20. The summed E-state index contributed by atoms with van der Waals surface area (Å²) in [5, 5.41) is -0.157. The van der Waals surface area contributed by atoms with Crippen LogP contribution in [0.25, 0.3) is 0 Å². The van der Waals surface area contributed by atoms with Crippen molar-refractivity contribution in [2.24, 2.45) is 5.92 Å². The van der Waals surface area contributed by atoms with Crippen LogP contribution in [-0.2, 0) is 9.53 Å². The summed E-state index contributed by atoms with van der Waals surface area (Å²) >= 11 is 0. The van der Waals surface area contributed by atoms with Crippen molar-refractivity contribution in [3.63, 3.8) is 0 Å². The molecule has 0 saturated carbocycles. The van der Waals surface area contributed by atoms with E-state index in [1.165, 1.54) is 19.3 Å². The second kappa shape index (κ2) is 10.5. The zero-order valence-electron chi connectivity index (χ0n) is 13.8. The molecule has 114 valence electrons. The number of ether oxygens (including phenoxy) is 1. The molecule has 0 heterocycles. The second-order valence-corrected chi connectivity index (χ2v) is 7.84. The number of carbonyl (C=O) groups excluding carboxylic acids is 1. The fourth-order valence-electron chi connectivity index (χ4n) is 2.68. The summed E-state index contributed by atoms with van der Waals surface area (Å²) in [5.41, 5.74) is 0. The highest BCUT2D eigenvalue weighted by Gasteiger charge is 2.38. The van der Waals surface area contributed by atoms with Crippen LogP contribution in [0, 0.1) is 5.92 Å². The van der Waals surface area contributed by atoms with Gasteiger partial charge < -0.3 is 4.74 Å². The first kappa shape index (κ1) is 18.7. The summed E-state index contributed by atoms with van der Waals surface area (Å²) in [6, 6.07) is 0. The zero-order chi connectivity index (χ0) is 14.7. The fourth-order valence-corrected chi connectivity index (χ4v) is 3.61. The summed E-state index contributed by atoms with van der Waals surface area (Å²) in [4.78, 5) is 12.4. The Morgan fingerprint density at radius 1 is 1.11 bits per heavy atom. The standard InChI is InChI=1S/C16H34O2Si/c1-5-8-9-10-13-18-15(17)16(19,12-7-3)14(4)11-6-2/h14H,5-13H2,1-4,19H3. The van der Waals surface area contributed by atoms with Crippen LogP contribution in [0.15, 0.2) is 0 Å². The summed E-state index contributed by atoms with van der Waals surface area (Å²) in [6.07, 6.45) is 9.01. The second-order valence-electron chi connectivity index (χ2n) is 6.05. The molecule has 0 aromatic rings. The lowest BCUT2D eigenvalue weighted by Crippen LogP contribution is -2.33. The maximum atomic E-state index is 12.4. The van der Waals surface area contributed by atoms with E-state index >= 15 is 0 Å². The molecule has 0 aromatic carbocycles. The number of hydrogen-bond donors (Lipinski definition) is 0. The third-order valence-corrected chi connectivity index (χ3v) is 6.17. The molecule has 19 heavy (non-hydrogen) atoms. The minimum atomic E-state index is -0.157. The Labute approximate surface area is 123 Å². The van der Waals surface area contributed by atoms with Crippen molar-refractivity contribution in [3.05, 3.63) is 0 Å². The summed E-state index contributed by atoms with van der Waals surface area (Å²) < 4.78 is 5.57. The van der Waals surface area contributed by atoms with Crippen LogP contribution in [0.5, 0.6) is 0 Å². The lowest BCUT2D eigenvalue weighted by molar-refractivity contribution is -0.149. The molecule has 0 spiro atoms. The minimum Gasteiger partial charge on any atom is -0.466 e. The van der Waals surface area contributed by atoms with E-state index in [9.17, 15) is 4.79 Å². The number of rotatable bonds is 11. The van der Waals surface area contributed by atoms with Crippen LogP contribution in [-0.4, -0.2) is 22.8 Å². The highest BCUT2D eigenvalue weighted by atomic mass is 28.1. The third kappa shape index (κ3) is 6.60. The smallest absolute Gasteiger partial charge is 0.308 e. The molecule has 0 saturated heterocycles. The summed E-state index contributed by atoms with van der Waals surface area (Å²) in [5.74, 6) is 0.547. The van der Waals surface area contributed by atoms with E-state index in [4.69, 9.17) is 4.74 Å². The van der Waals surface area contributed by atoms with E-state index in [1.54, 1.807) is 0 Å². The van der Waals surface area contributed by atoms with Gasteiger partial charge in [-0.05, 0) is 18.8 Å². The Morgan fingerprint density at radius 3 is 2.32 bits per heavy atom. The maximum Gasteiger partial charge on any atom is 0.308 e. The molecule has 0 aliphatic carbocycles. The SMILES string of the molecule is CCCCCCOC(=O)C([SiH3])(CCC)C(C)CCC. The summed E-state index contributed by atoms with van der Waals surface area (Å²) in [7, 11) is 0.905. The van der Waals surface area contributed by atoms with E-state index < -0.39 is 0 Å². The van der Waals surface area contributed by atoms with Gasteiger partial charge in [-0.2, -0.15) is 0 Å². The molecular weight excluding hydrogens is 252 g/mol. The van der Waals surface area contributed by atoms with Gasteiger partial charge in [0.25, 0.3) is 0 Å². The zero-order valence-corrected chi connectivity index (χ0v) is 15.8. The summed E-state index contributed by atoms with van der Waals surface area (Å²) in [6.45, 7) is 9.40. The van der Waals surface area contributed by atoms with Crippen molar-refractivity contribution >= 4 is 16.2 Å². The van der Waals surface area contributed by atoms with Gasteiger partial charge in [-0.15, -0.1) is 0 Å². The first-order chi connectivity index (χ1) is 9.02. The molecule has 2 atom stereocenters. The predicted molar refractivity (Wildman–Crippen MR) is 86.7 cm³/mol. The normalized spacial score (nSPS) is 16.0. The molecule has 0 aliphatic rings. The van der Waals surface area contributed by atoms with Crippen LogP contribution in [0.3, 0.4) is 0 Å². The third-order valence-electron chi connectivity index (χ3n) is 4.28. The monoisotopic (exact) mass is 286 g/mol. The van der Waals surface area contributed by atoms with Crippen LogP contribution >= 0.6 is 0 Å². The van der Waals surface area contributed by atoms with Crippen molar-refractivity contribution in [1.29, 1.82) is 0 Å². The number of unbranched alkanes of at least 4 members (excludes halogenated alkanes) is 3. The Kier molecular flexibility index (Phi) is 10.3. The highest BCUT2D eigenvalue weighted by Crippen LogP contribution is 2.41. The first-order valence-corrected chi connectivity index (χ1v) is 9.20. The number of esters is 1. The lowest BCUT2D eigenvalue weighted by atomic mass is 9.85. The lowest BCUT2D eigenvalue weighted by Gasteiger charge is -2.33. The van der Waals surface area contributed by atoms with Gasteiger partial charge in [-0.25, -0.2) is 0 Å². The van der Waals surface area contributed by atoms with Crippen molar-refractivity contribution in [2.45, 2.75) is 84.1 Å². The molecule has 0 radical (unpaired) electrons. The topological polar surface area (TPSA) is 26.3 Å². The van der Waals surface area contributed by atoms with Crippen LogP contribution in [0.1, 0.15) is 79.1 Å². The molecule has 0 rings (SSSR count). The highest BCUT2D eigenvalue weighted by molar-refractivity contribution is 6.27. The van der Waals surface area contributed by atoms with Gasteiger partial charge in [0.05, 0.1) is 11.6 Å². The molecule has 0 aliphatic heterocycles. The molecule has 2 unspecified atom stereocenters. The fraction of sp³-hybridized carbons (Fsp3) is 0.938. The Morgan fingerprint density at radius 2 is 1.79 bits per heavy atom. The van der Waals surface area contributed by atoms with Gasteiger partial charge in [-0.3, -0.25) is 4.79 Å². The molecule has 0 fully saturated rings. The van der Waals surface area contributed by atoms with E-state index in [2.05, 4.69) is 27.7 Å². The van der Waals surface area contributed by atoms with Crippen LogP contribution in [0.4, 0.5) is 0 Å². The molecule has 3 heteroatoms. The van der Waals surface area contributed by atoms with Crippen LogP contribution in [0.2, 0.25) is 5.04 Å². The van der Waals surface area contributed by atoms with Gasteiger partial charge in [0.2, 0.25) is 0 Å². The van der Waals surface area contributed by atoms with Gasteiger partial charge in [-0.1, -0.05) is 66.2 Å². The average molecular weight is 287 g/mol. The average Bonchev–Trinajstić information content (AvgIpc) is 2.38. The molecular formula is C16H34O2Si. The minimum absolute atomic E-state index is 0.0819. The van der Waals surface area contributed by atoms with Gasteiger partial charge in [0.1, 0.15) is 0 Å². The van der Waals surface area contributed by atoms with Crippen molar-refractivity contribution < 1.29 is 9.53 Å². The largest absolute Gasteiger partial charge is 0.466 e. The molecule has 0 N–H and O–H groups in total. The van der Waals surface area contributed by atoms with Crippen molar-refractivity contribution in [1.82, 2.24) is 0 Å². The molecule has 0 aromatic heterocycles. The Balaban J connectivity index is 4.31. The van der Waals surface area contributed by atoms with Crippen molar-refractivity contribution in [2.75, 3.05) is 6.61 Å². The Hall–Kier alpha value is -0.313. The number of carbonyl (C=O) groups is 1.